The largest absolute Gasteiger partial charge is 0.493 e. The van der Waals surface area contributed by atoms with E-state index in [1.165, 1.54) is 0 Å². The highest BCUT2D eigenvalue weighted by Crippen LogP contribution is 2.34. The van der Waals surface area contributed by atoms with Gasteiger partial charge in [0.05, 0.1) is 31.7 Å². The van der Waals surface area contributed by atoms with E-state index in [1.807, 2.05) is 19.9 Å². The van der Waals surface area contributed by atoms with Gasteiger partial charge in [-0.05, 0) is 13.8 Å². The maximum Gasteiger partial charge on any atom is 0.162 e. The molecule has 1 aromatic carbocycles. The van der Waals surface area contributed by atoms with E-state index in [2.05, 4.69) is 5.32 Å². The quantitative estimate of drug-likeness (QED) is 0.730. The van der Waals surface area contributed by atoms with Crippen molar-refractivity contribution >= 4 is 11.4 Å². The van der Waals surface area contributed by atoms with Crippen molar-refractivity contribution < 1.29 is 14.2 Å². The highest BCUT2D eigenvalue weighted by atomic mass is 16.5. The number of benzene rings is 1. The average Bonchev–Trinajstić information content (AvgIpc) is 2.37. The molecule has 0 heterocycles. The molecule has 0 radical (unpaired) electrons. The van der Waals surface area contributed by atoms with Crippen molar-refractivity contribution in [3.05, 3.63) is 12.1 Å². The normalized spacial score (nSPS) is 12.0. The van der Waals surface area contributed by atoms with Gasteiger partial charge in [0.2, 0.25) is 0 Å². The number of hydrogen-bond acceptors (Lipinski definition) is 5. The lowest BCUT2D eigenvalue weighted by Crippen LogP contribution is -2.20. The Balaban J connectivity index is 2.76. The zero-order valence-electron chi connectivity index (χ0n) is 11.4. The topological polar surface area (TPSA) is 65.7 Å². The van der Waals surface area contributed by atoms with E-state index in [0.717, 1.165) is 5.69 Å². The van der Waals surface area contributed by atoms with E-state index < -0.39 is 0 Å². The van der Waals surface area contributed by atoms with Gasteiger partial charge in [-0.1, -0.05) is 0 Å². The molecule has 1 aromatic rings. The molecule has 0 aliphatic carbocycles. The van der Waals surface area contributed by atoms with Crippen LogP contribution >= 0.6 is 0 Å². The molecule has 1 atom stereocenters. The molecule has 0 saturated heterocycles. The maximum atomic E-state index is 5.94. The minimum absolute atomic E-state index is 0.127. The molecule has 0 amide bonds. The predicted molar refractivity (Wildman–Crippen MR) is 73.5 cm³/mol. The highest BCUT2D eigenvalue weighted by molar-refractivity contribution is 5.72. The second kappa shape index (κ2) is 6.96. The van der Waals surface area contributed by atoms with Crippen LogP contribution in [-0.2, 0) is 4.74 Å². The zero-order valence-corrected chi connectivity index (χ0v) is 11.4. The van der Waals surface area contributed by atoms with Crippen molar-refractivity contribution in [3.8, 4) is 11.5 Å². The molecule has 102 valence electrons. The molecule has 1 rings (SSSR count). The molecule has 0 fully saturated rings. The number of rotatable bonds is 7. The Morgan fingerprint density at radius 2 is 1.83 bits per heavy atom. The van der Waals surface area contributed by atoms with Gasteiger partial charge >= 0.3 is 0 Å². The molecule has 0 aromatic heterocycles. The Morgan fingerprint density at radius 3 is 2.39 bits per heavy atom. The molecule has 1 unspecified atom stereocenters. The van der Waals surface area contributed by atoms with Crippen molar-refractivity contribution in [2.24, 2.45) is 0 Å². The Labute approximate surface area is 108 Å². The molecule has 3 N–H and O–H groups in total. The molecule has 0 bridgehead atoms. The summed E-state index contributed by atoms with van der Waals surface area (Å²) in [7, 11) is 3.18. The molecular weight excluding hydrogens is 232 g/mol. The van der Waals surface area contributed by atoms with Crippen LogP contribution < -0.4 is 20.5 Å². The van der Waals surface area contributed by atoms with E-state index in [1.54, 1.807) is 20.3 Å². The van der Waals surface area contributed by atoms with E-state index >= 15 is 0 Å². The molecule has 0 aliphatic heterocycles. The fourth-order valence-electron chi connectivity index (χ4n) is 1.64. The van der Waals surface area contributed by atoms with Crippen LogP contribution in [-0.4, -0.2) is 33.5 Å². The third kappa shape index (κ3) is 3.70. The predicted octanol–water partition coefficient (Wildman–Crippen LogP) is 2.12. The fourth-order valence-corrected chi connectivity index (χ4v) is 1.64. The van der Waals surface area contributed by atoms with E-state index in [0.29, 0.717) is 30.3 Å². The van der Waals surface area contributed by atoms with Crippen molar-refractivity contribution in [1.82, 2.24) is 0 Å². The zero-order chi connectivity index (χ0) is 13.5. The van der Waals surface area contributed by atoms with E-state index in [9.17, 15) is 0 Å². The van der Waals surface area contributed by atoms with Gasteiger partial charge in [0.25, 0.3) is 0 Å². The van der Waals surface area contributed by atoms with Gasteiger partial charge in [0, 0.05) is 25.3 Å². The van der Waals surface area contributed by atoms with Crippen LogP contribution in [0.25, 0.3) is 0 Å². The molecule has 18 heavy (non-hydrogen) atoms. The Hall–Kier alpha value is -1.62. The summed E-state index contributed by atoms with van der Waals surface area (Å²) in [6.45, 7) is 5.37. The first-order valence-electron chi connectivity index (χ1n) is 5.99. The van der Waals surface area contributed by atoms with Crippen LogP contribution in [0.3, 0.4) is 0 Å². The standard InChI is InChI=1S/C13H22N2O3/c1-5-18-9(2)8-15-11-7-13(17-4)12(16-3)6-10(11)14/h6-7,9,15H,5,8,14H2,1-4H3. The van der Waals surface area contributed by atoms with Gasteiger partial charge in [0.15, 0.2) is 11.5 Å². The molecule has 0 aliphatic rings. The second-order valence-electron chi connectivity index (χ2n) is 3.94. The first kappa shape index (κ1) is 14.4. The Morgan fingerprint density at radius 1 is 1.22 bits per heavy atom. The van der Waals surface area contributed by atoms with Gasteiger partial charge in [-0.2, -0.15) is 0 Å². The van der Waals surface area contributed by atoms with Crippen LogP contribution in [0, 0.1) is 0 Å². The SMILES string of the molecule is CCOC(C)CNc1cc(OC)c(OC)cc1N. The second-order valence-corrected chi connectivity index (χ2v) is 3.94. The van der Waals surface area contributed by atoms with Crippen molar-refractivity contribution in [1.29, 1.82) is 0 Å². The number of ether oxygens (including phenoxy) is 3. The number of nitrogens with two attached hydrogens (primary N) is 1. The summed E-state index contributed by atoms with van der Waals surface area (Å²) in [6.07, 6.45) is 0.127. The lowest BCUT2D eigenvalue weighted by atomic mass is 10.2. The molecule has 5 nitrogen and oxygen atoms in total. The van der Waals surface area contributed by atoms with Crippen molar-refractivity contribution in [2.75, 3.05) is 38.4 Å². The summed E-state index contributed by atoms with van der Waals surface area (Å²) in [5.41, 5.74) is 7.38. The number of anilines is 2. The molecule has 5 heteroatoms. The Bertz CT molecular complexity index is 383. The summed E-state index contributed by atoms with van der Waals surface area (Å²) >= 11 is 0. The maximum absolute atomic E-state index is 5.94. The van der Waals surface area contributed by atoms with E-state index in [-0.39, 0.29) is 6.10 Å². The minimum Gasteiger partial charge on any atom is -0.493 e. The summed E-state index contributed by atoms with van der Waals surface area (Å²) in [5, 5.41) is 3.24. The van der Waals surface area contributed by atoms with E-state index in [4.69, 9.17) is 19.9 Å². The number of nitrogens with one attached hydrogen (secondary N) is 1. The van der Waals surface area contributed by atoms with Crippen molar-refractivity contribution in [2.45, 2.75) is 20.0 Å². The number of nitrogen functional groups attached to an aromatic ring is 1. The van der Waals surface area contributed by atoms with Gasteiger partial charge in [0.1, 0.15) is 0 Å². The Kier molecular flexibility index (Phi) is 5.58. The smallest absolute Gasteiger partial charge is 0.162 e. The summed E-state index contributed by atoms with van der Waals surface area (Å²) in [6, 6.07) is 3.57. The molecule has 0 spiro atoms. The van der Waals surface area contributed by atoms with Gasteiger partial charge in [-0.25, -0.2) is 0 Å². The monoisotopic (exact) mass is 254 g/mol. The first-order valence-corrected chi connectivity index (χ1v) is 5.99. The van der Waals surface area contributed by atoms with Crippen LogP contribution in [0.4, 0.5) is 11.4 Å². The van der Waals surface area contributed by atoms with Crippen LogP contribution in [0.15, 0.2) is 12.1 Å². The summed E-state index contributed by atoms with van der Waals surface area (Å²) in [5.74, 6) is 1.27. The minimum atomic E-state index is 0.127. The molecule has 0 saturated carbocycles. The van der Waals surface area contributed by atoms with Gasteiger partial charge in [-0.15, -0.1) is 0 Å². The van der Waals surface area contributed by atoms with Crippen molar-refractivity contribution in [3.63, 3.8) is 0 Å². The van der Waals surface area contributed by atoms with Crippen LogP contribution in [0.1, 0.15) is 13.8 Å². The number of methoxy groups -OCH3 is 2. The third-order valence-electron chi connectivity index (χ3n) is 2.59. The number of hydrogen-bond donors (Lipinski definition) is 2. The summed E-state index contributed by atoms with van der Waals surface area (Å²) in [4.78, 5) is 0. The van der Waals surface area contributed by atoms with Crippen LogP contribution in [0.2, 0.25) is 0 Å². The van der Waals surface area contributed by atoms with Gasteiger partial charge in [-0.3, -0.25) is 0 Å². The van der Waals surface area contributed by atoms with Gasteiger partial charge < -0.3 is 25.3 Å². The third-order valence-corrected chi connectivity index (χ3v) is 2.59. The average molecular weight is 254 g/mol. The van der Waals surface area contributed by atoms with Crippen LogP contribution in [0.5, 0.6) is 11.5 Å². The lowest BCUT2D eigenvalue weighted by molar-refractivity contribution is 0.0855. The summed E-state index contributed by atoms with van der Waals surface area (Å²) < 4.78 is 15.9. The highest BCUT2D eigenvalue weighted by Gasteiger charge is 2.09. The first-order chi connectivity index (χ1) is 8.62. The lowest BCUT2D eigenvalue weighted by Gasteiger charge is -2.17. The fraction of sp³-hybridized carbons (Fsp3) is 0.538. The molecular formula is C13H22N2O3.